The zero-order valence-corrected chi connectivity index (χ0v) is 20.3. The van der Waals surface area contributed by atoms with E-state index in [1.54, 1.807) is 30.3 Å². The van der Waals surface area contributed by atoms with Crippen LogP contribution in [0.25, 0.3) is 0 Å². The number of anilines is 2. The minimum absolute atomic E-state index is 0.126. The summed E-state index contributed by atoms with van der Waals surface area (Å²) in [6.07, 6.45) is 0.878. The van der Waals surface area contributed by atoms with Crippen LogP contribution < -0.4 is 10.6 Å². The average Bonchev–Trinajstić information content (AvgIpc) is 2.76. The second-order valence-corrected chi connectivity index (χ2v) is 9.54. The second kappa shape index (κ2) is 11.6. The molecule has 0 bridgehead atoms. The second-order valence-electron chi connectivity index (χ2n) is 7.01. The van der Waals surface area contributed by atoms with Gasteiger partial charge in [0.15, 0.2) is 0 Å². The molecule has 0 spiro atoms. The molecule has 0 heterocycles. The Balaban J connectivity index is 1.61. The molecular formula is C24H21Cl3N2O2S. The van der Waals surface area contributed by atoms with Gasteiger partial charge < -0.3 is 10.6 Å². The monoisotopic (exact) mass is 506 g/mol. The molecule has 32 heavy (non-hydrogen) atoms. The highest BCUT2D eigenvalue weighted by molar-refractivity contribution is 8.00. The Hall–Kier alpha value is -2.18. The molecule has 8 heteroatoms. The minimum atomic E-state index is -0.315. The molecule has 3 aromatic carbocycles. The van der Waals surface area contributed by atoms with Gasteiger partial charge in [-0.2, -0.15) is 0 Å². The van der Waals surface area contributed by atoms with E-state index in [1.807, 2.05) is 43.3 Å². The topological polar surface area (TPSA) is 58.2 Å². The van der Waals surface area contributed by atoms with Crippen LogP contribution in [0.2, 0.25) is 15.1 Å². The molecular weight excluding hydrogens is 487 g/mol. The van der Waals surface area contributed by atoms with Crippen molar-refractivity contribution in [2.45, 2.75) is 29.9 Å². The maximum atomic E-state index is 12.7. The molecule has 1 unspecified atom stereocenters. The van der Waals surface area contributed by atoms with Crippen molar-refractivity contribution < 1.29 is 9.59 Å². The molecule has 2 N–H and O–H groups in total. The van der Waals surface area contributed by atoms with E-state index in [1.165, 1.54) is 11.8 Å². The van der Waals surface area contributed by atoms with E-state index in [0.29, 0.717) is 32.9 Å². The van der Waals surface area contributed by atoms with Crippen LogP contribution in [0.5, 0.6) is 0 Å². The fourth-order valence-corrected chi connectivity index (χ4v) is 4.36. The van der Waals surface area contributed by atoms with Gasteiger partial charge in [0.1, 0.15) is 0 Å². The standard InChI is InChI=1S/C24H21Cl3N2O2S/c1-2-22(24(31)29-18-10-11-20(26)21(27)14-18)32-19-5-3-4-17(13-19)28-23(30)12-15-6-8-16(25)9-7-15/h3-11,13-14,22H,2,12H2,1H3,(H,28,30)(H,29,31). The van der Waals surface area contributed by atoms with Crippen molar-refractivity contribution in [1.29, 1.82) is 0 Å². The molecule has 0 aromatic heterocycles. The third-order valence-corrected chi connectivity index (χ3v) is 6.87. The maximum absolute atomic E-state index is 12.7. The molecule has 0 radical (unpaired) electrons. The van der Waals surface area contributed by atoms with Gasteiger partial charge in [-0.1, -0.05) is 59.9 Å². The Morgan fingerprint density at radius 3 is 2.28 bits per heavy atom. The number of carbonyl (C=O) groups is 2. The Kier molecular flexibility index (Phi) is 8.88. The SMILES string of the molecule is CCC(Sc1cccc(NC(=O)Cc2ccc(Cl)cc2)c1)C(=O)Nc1ccc(Cl)c(Cl)c1. The first-order chi connectivity index (χ1) is 15.3. The summed E-state index contributed by atoms with van der Waals surface area (Å²) in [5.74, 6) is -0.257. The van der Waals surface area contributed by atoms with Crippen molar-refractivity contribution in [2.75, 3.05) is 10.6 Å². The minimum Gasteiger partial charge on any atom is -0.326 e. The van der Waals surface area contributed by atoms with Crippen molar-refractivity contribution >= 4 is 69.8 Å². The van der Waals surface area contributed by atoms with E-state index in [0.717, 1.165) is 10.5 Å². The Morgan fingerprint density at radius 1 is 0.875 bits per heavy atom. The van der Waals surface area contributed by atoms with Crippen molar-refractivity contribution in [2.24, 2.45) is 0 Å². The summed E-state index contributed by atoms with van der Waals surface area (Å²) in [4.78, 5) is 26.0. The summed E-state index contributed by atoms with van der Waals surface area (Å²) in [7, 11) is 0. The van der Waals surface area contributed by atoms with Crippen LogP contribution in [0.15, 0.2) is 71.6 Å². The van der Waals surface area contributed by atoms with Crippen molar-refractivity contribution in [3.63, 3.8) is 0 Å². The molecule has 0 aliphatic heterocycles. The van der Waals surface area contributed by atoms with Crippen molar-refractivity contribution in [1.82, 2.24) is 0 Å². The van der Waals surface area contributed by atoms with Crippen molar-refractivity contribution in [3.05, 3.63) is 87.4 Å². The van der Waals surface area contributed by atoms with Gasteiger partial charge in [-0.25, -0.2) is 0 Å². The first kappa shape index (κ1) is 24.5. The number of benzene rings is 3. The summed E-state index contributed by atoms with van der Waals surface area (Å²) in [5, 5.41) is 6.91. The van der Waals surface area contributed by atoms with E-state index in [-0.39, 0.29) is 23.5 Å². The molecule has 4 nitrogen and oxygen atoms in total. The van der Waals surface area contributed by atoms with Crippen molar-refractivity contribution in [3.8, 4) is 0 Å². The summed E-state index contributed by atoms with van der Waals surface area (Å²) < 4.78 is 0. The smallest absolute Gasteiger partial charge is 0.237 e. The van der Waals surface area contributed by atoms with Crippen LogP contribution in [-0.4, -0.2) is 17.1 Å². The number of nitrogens with one attached hydrogen (secondary N) is 2. The van der Waals surface area contributed by atoms with Crippen LogP contribution in [0, 0.1) is 0 Å². The van der Waals surface area contributed by atoms with Gasteiger partial charge in [-0.3, -0.25) is 9.59 Å². The molecule has 3 rings (SSSR count). The third-order valence-electron chi connectivity index (χ3n) is 4.52. The Morgan fingerprint density at radius 2 is 1.59 bits per heavy atom. The van der Waals surface area contributed by atoms with Crippen LogP contribution in [-0.2, 0) is 16.0 Å². The fourth-order valence-electron chi connectivity index (χ4n) is 2.92. The highest BCUT2D eigenvalue weighted by Gasteiger charge is 2.19. The van der Waals surface area contributed by atoms with E-state index in [4.69, 9.17) is 34.8 Å². The number of amides is 2. The van der Waals surface area contributed by atoms with Gasteiger partial charge >= 0.3 is 0 Å². The lowest BCUT2D eigenvalue weighted by Crippen LogP contribution is -2.24. The average molecular weight is 508 g/mol. The Bertz CT molecular complexity index is 1110. The lowest BCUT2D eigenvalue weighted by Gasteiger charge is -2.16. The quantitative estimate of drug-likeness (QED) is 0.314. The van der Waals surface area contributed by atoms with Gasteiger partial charge in [0, 0.05) is 21.3 Å². The van der Waals surface area contributed by atoms with Gasteiger partial charge in [-0.05, 0) is 60.5 Å². The molecule has 166 valence electrons. The van der Waals surface area contributed by atoms with E-state index >= 15 is 0 Å². The number of halogens is 3. The molecule has 0 saturated heterocycles. The number of hydrogen-bond donors (Lipinski definition) is 2. The van der Waals surface area contributed by atoms with Gasteiger partial charge in [-0.15, -0.1) is 11.8 Å². The molecule has 3 aromatic rings. The number of rotatable bonds is 8. The molecule has 0 saturated carbocycles. The molecule has 0 aliphatic rings. The summed E-state index contributed by atoms with van der Waals surface area (Å²) in [6.45, 7) is 1.95. The van der Waals surface area contributed by atoms with Gasteiger partial charge in [0.05, 0.1) is 21.7 Å². The summed E-state index contributed by atoms with van der Waals surface area (Å²) >= 11 is 19.3. The highest BCUT2D eigenvalue weighted by Crippen LogP contribution is 2.30. The predicted octanol–water partition coefficient (Wildman–Crippen LogP) is 7.34. The van der Waals surface area contributed by atoms with Crippen LogP contribution >= 0.6 is 46.6 Å². The molecule has 0 aliphatic carbocycles. The third kappa shape index (κ3) is 7.17. The number of carbonyl (C=O) groups excluding carboxylic acids is 2. The van der Waals surface area contributed by atoms with Gasteiger partial charge in [0.2, 0.25) is 11.8 Å². The zero-order chi connectivity index (χ0) is 23.1. The van der Waals surface area contributed by atoms with Gasteiger partial charge in [0.25, 0.3) is 0 Å². The van der Waals surface area contributed by atoms with E-state index in [2.05, 4.69) is 10.6 Å². The molecule has 0 fully saturated rings. The number of hydrogen-bond acceptors (Lipinski definition) is 3. The first-order valence-corrected chi connectivity index (χ1v) is 11.9. The summed E-state index contributed by atoms with van der Waals surface area (Å²) in [5.41, 5.74) is 2.14. The largest absolute Gasteiger partial charge is 0.326 e. The van der Waals surface area contributed by atoms with E-state index in [9.17, 15) is 9.59 Å². The fraction of sp³-hybridized carbons (Fsp3) is 0.167. The lowest BCUT2D eigenvalue weighted by atomic mass is 10.1. The van der Waals surface area contributed by atoms with Crippen LogP contribution in [0.4, 0.5) is 11.4 Å². The van der Waals surface area contributed by atoms with Crippen LogP contribution in [0.1, 0.15) is 18.9 Å². The Labute approximate surface area is 206 Å². The molecule has 2 amide bonds. The zero-order valence-electron chi connectivity index (χ0n) is 17.2. The predicted molar refractivity (Wildman–Crippen MR) is 135 cm³/mol. The first-order valence-electron chi connectivity index (χ1n) is 9.91. The summed E-state index contributed by atoms with van der Waals surface area (Å²) in [6, 6.07) is 19.6. The maximum Gasteiger partial charge on any atom is 0.237 e. The lowest BCUT2D eigenvalue weighted by molar-refractivity contribution is -0.116. The normalized spacial score (nSPS) is 11.6. The highest BCUT2D eigenvalue weighted by atomic mass is 35.5. The van der Waals surface area contributed by atoms with E-state index < -0.39 is 0 Å². The van der Waals surface area contributed by atoms with Crippen LogP contribution in [0.3, 0.4) is 0 Å². The number of thioether (sulfide) groups is 1. The molecule has 1 atom stereocenters.